The van der Waals surface area contributed by atoms with E-state index in [1.807, 2.05) is 0 Å². The van der Waals surface area contributed by atoms with E-state index < -0.39 is 0 Å². The second kappa shape index (κ2) is 5.83. The molecule has 1 aromatic rings. The van der Waals surface area contributed by atoms with E-state index in [9.17, 15) is 0 Å². The van der Waals surface area contributed by atoms with Gasteiger partial charge in [0.25, 0.3) is 0 Å². The van der Waals surface area contributed by atoms with Crippen LogP contribution in [0.2, 0.25) is 0 Å². The molecular weight excluding hydrogens is 244 g/mol. The summed E-state index contributed by atoms with van der Waals surface area (Å²) in [4.78, 5) is 5.86. The third-order valence-electron chi connectivity index (χ3n) is 1.91. The van der Waals surface area contributed by atoms with Crippen molar-refractivity contribution in [2.75, 3.05) is 14.1 Å². The summed E-state index contributed by atoms with van der Waals surface area (Å²) in [5, 5.41) is 9.99. The SMILES string of the molecule is CCCc1nsc(N=C(Cl)N(C)C)c1C#N. The Labute approximate surface area is 104 Å². The van der Waals surface area contributed by atoms with Gasteiger partial charge in [-0.1, -0.05) is 13.3 Å². The van der Waals surface area contributed by atoms with Gasteiger partial charge in [-0.05, 0) is 29.6 Å². The highest BCUT2D eigenvalue weighted by Crippen LogP contribution is 2.28. The maximum absolute atomic E-state index is 9.06. The van der Waals surface area contributed by atoms with E-state index in [0.29, 0.717) is 15.9 Å². The first kappa shape index (κ1) is 12.9. The van der Waals surface area contributed by atoms with Gasteiger partial charge >= 0.3 is 0 Å². The highest BCUT2D eigenvalue weighted by atomic mass is 35.5. The fraction of sp³-hybridized carbons (Fsp3) is 0.500. The lowest BCUT2D eigenvalue weighted by atomic mass is 10.2. The normalized spacial score (nSPS) is 11.3. The molecule has 0 N–H and O–H groups in total. The summed E-state index contributed by atoms with van der Waals surface area (Å²) in [5.74, 6) is 0. The lowest BCUT2D eigenvalue weighted by Crippen LogP contribution is -2.15. The summed E-state index contributed by atoms with van der Waals surface area (Å²) in [6.07, 6.45) is 1.76. The molecule has 1 heterocycles. The van der Waals surface area contributed by atoms with Gasteiger partial charge in [0.15, 0.2) is 10.3 Å². The Bertz CT molecular complexity index is 431. The van der Waals surface area contributed by atoms with Crippen LogP contribution in [0.3, 0.4) is 0 Å². The van der Waals surface area contributed by atoms with E-state index in [0.717, 1.165) is 18.5 Å². The maximum Gasteiger partial charge on any atom is 0.199 e. The highest BCUT2D eigenvalue weighted by molar-refractivity contribution is 7.10. The first-order chi connectivity index (χ1) is 7.60. The first-order valence-electron chi connectivity index (χ1n) is 4.90. The predicted molar refractivity (Wildman–Crippen MR) is 67.5 cm³/mol. The van der Waals surface area contributed by atoms with Crippen LogP contribution in [0.4, 0.5) is 5.00 Å². The minimum absolute atomic E-state index is 0.350. The molecule has 0 aromatic carbocycles. The molecule has 0 bridgehead atoms. The number of hydrogen-bond donors (Lipinski definition) is 0. The van der Waals surface area contributed by atoms with Gasteiger partial charge in [-0.25, -0.2) is 4.99 Å². The standard InChI is InChI=1S/C10H13ClN4S/c1-4-5-8-7(6-12)9(16-14-8)13-10(11)15(2)3/h4-5H2,1-3H3. The second-order valence-corrected chi connectivity index (χ2v) is 4.54. The second-order valence-electron chi connectivity index (χ2n) is 3.45. The molecule has 0 amide bonds. The number of aliphatic imine (C=N–C) groups is 1. The Morgan fingerprint density at radius 2 is 2.31 bits per heavy atom. The van der Waals surface area contributed by atoms with Crippen LogP contribution in [-0.4, -0.2) is 28.7 Å². The summed E-state index contributed by atoms with van der Waals surface area (Å²) >= 11 is 7.13. The molecule has 4 nitrogen and oxygen atoms in total. The van der Waals surface area contributed by atoms with Crippen molar-refractivity contribution in [2.45, 2.75) is 19.8 Å². The minimum Gasteiger partial charge on any atom is -0.353 e. The van der Waals surface area contributed by atoms with E-state index in [2.05, 4.69) is 22.4 Å². The van der Waals surface area contributed by atoms with Crippen LogP contribution < -0.4 is 0 Å². The predicted octanol–water partition coefficient (Wildman–Crippen LogP) is 2.76. The molecule has 0 aliphatic carbocycles. The molecule has 0 radical (unpaired) electrons. The van der Waals surface area contributed by atoms with Crippen molar-refractivity contribution >= 4 is 33.4 Å². The summed E-state index contributed by atoms with van der Waals surface area (Å²) in [5.41, 5.74) is 1.36. The molecule has 0 aliphatic rings. The van der Waals surface area contributed by atoms with Crippen molar-refractivity contribution in [2.24, 2.45) is 4.99 Å². The molecule has 0 atom stereocenters. The molecule has 0 unspecified atom stereocenters. The summed E-state index contributed by atoms with van der Waals surface area (Å²) < 4.78 is 4.22. The third-order valence-corrected chi connectivity index (χ3v) is 3.11. The lowest BCUT2D eigenvalue weighted by Gasteiger charge is -2.07. The zero-order valence-corrected chi connectivity index (χ0v) is 11.1. The molecule has 1 aromatic heterocycles. The zero-order valence-electron chi connectivity index (χ0n) is 9.49. The Morgan fingerprint density at radius 1 is 1.62 bits per heavy atom. The smallest absolute Gasteiger partial charge is 0.199 e. The van der Waals surface area contributed by atoms with Gasteiger partial charge in [-0.3, -0.25) is 0 Å². The highest BCUT2D eigenvalue weighted by Gasteiger charge is 2.13. The van der Waals surface area contributed by atoms with Gasteiger partial charge in [0.05, 0.1) is 5.69 Å². The van der Waals surface area contributed by atoms with Gasteiger partial charge in [0.1, 0.15) is 11.6 Å². The van der Waals surface area contributed by atoms with Crippen molar-refractivity contribution in [3.63, 3.8) is 0 Å². The van der Waals surface area contributed by atoms with Gasteiger partial charge in [-0.15, -0.1) is 0 Å². The number of nitrogens with zero attached hydrogens (tertiary/aromatic N) is 4. The fourth-order valence-electron chi connectivity index (χ4n) is 1.09. The summed E-state index contributed by atoms with van der Waals surface area (Å²) in [6, 6.07) is 2.14. The minimum atomic E-state index is 0.350. The largest absolute Gasteiger partial charge is 0.353 e. The molecule has 0 spiro atoms. The quantitative estimate of drug-likeness (QED) is 0.475. The summed E-state index contributed by atoms with van der Waals surface area (Å²) in [7, 11) is 3.59. The van der Waals surface area contributed by atoms with Crippen molar-refractivity contribution in [1.82, 2.24) is 9.27 Å². The van der Waals surface area contributed by atoms with Gasteiger partial charge in [-0.2, -0.15) is 9.64 Å². The Kier molecular flexibility index (Phi) is 4.71. The topological polar surface area (TPSA) is 52.3 Å². The van der Waals surface area contributed by atoms with Crippen molar-refractivity contribution in [1.29, 1.82) is 5.26 Å². The number of amidine groups is 1. The third kappa shape index (κ3) is 2.94. The van der Waals surface area contributed by atoms with Crippen LogP contribution in [0.1, 0.15) is 24.6 Å². The average molecular weight is 257 g/mol. The van der Waals surface area contributed by atoms with E-state index >= 15 is 0 Å². The Morgan fingerprint density at radius 3 is 2.81 bits per heavy atom. The van der Waals surface area contributed by atoms with Gasteiger partial charge in [0.2, 0.25) is 0 Å². The first-order valence-corrected chi connectivity index (χ1v) is 6.05. The van der Waals surface area contributed by atoms with Gasteiger partial charge in [0, 0.05) is 14.1 Å². The van der Waals surface area contributed by atoms with Crippen LogP contribution in [-0.2, 0) is 6.42 Å². The monoisotopic (exact) mass is 256 g/mol. The van der Waals surface area contributed by atoms with Crippen molar-refractivity contribution in [3.05, 3.63) is 11.3 Å². The number of hydrogen-bond acceptors (Lipinski definition) is 4. The maximum atomic E-state index is 9.06. The lowest BCUT2D eigenvalue weighted by molar-refractivity contribution is 0.635. The van der Waals surface area contributed by atoms with Gasteiger partial charge < -0.3 is 4.90 Å². The Balaban J connectivity index is 3.07. The molecule has 0 saturated carbocycles. The molecular formula is C10H13ClN4S. The van der Waals surface area contributed by atoms with E-state index in [1.165, 1.54) is 11.5 Å². The molecule has 6 heteroatoms. The number of halogens is 1. The van der Waals surface area contributed by atoms with Crippen LogP contribution >= 0.6 is 23.1 Å². The van der Waals surface area contributed by atoms with E-state index in [4.69, 9.17) is 16.9 Å². The number of rotatable bonds is 3. The number of aryl methyl sites for hydroxylation is 1. The number of nitriles is 1. The van der Waals surface area contributed by atoms with E-state index in [-0.39, 0.29) is 0 Å². The van der Waals surface area contributed by atoms with Crippen LogP contribution in [0.25, 0.3) is 0 Å². The average Bonchev–Trinajstić information content (AvgIpc) is 2.61. The molecule has 0 fully saturated rings. The fourth-order valence-corrected chi connectivity index (χ4v) is 1.99. The molecule has 0 saturated heterocycles. The molecule has 0 aliphatic heterocycles. The van der Waals surface area contributed by atoms with Crippen LogP contribution in [0.5, 0.6) is 0 Å². The Hall–Kier alpha value is -1.12. The van der Waals surface area contributed by atoms with Crippen molar-refractivity contribution < 1.29 is 0 Å². The van der Waals surface area contributed by atoms with Crippen LogP contribution in [0, 0.1) is 11.3 Å². The summed E-state index contributed by atoms with van der Waals surface area (Å²) in [6.45, 7) is 2.05. The molecule has 1 rings (SSSR count). The number of aromatic nitrogens is 1. The van der Waals surface area contributed by atoms with E-state index in [1.54, 1.807) is 19.0 Å². The van der Waals surface area contributed by atoms with Crippen molar-refractivity contribution in [3.8, 4) is 6.07 Å². The molecule has 86 valence electrons. The molecule has 16 heavy (non-hydrogen) atoms. The zero-order chi connectivity index (χ0) is 12.1. The van der Waals surface area contributed by atoms with Crippen LogP contribution in [0.15, 0.2) is 4.99 Å².